The van der Waals surface area contributed by atoms with E-state index in [1.54, 1.807) is 0 Å². The van der Waals surface area contributed by atoms with Crippen molar-refractivity contribution in [3.05, 3.63) is 18.2 Å². The first-order valence-corrected chi connectivity index (χ1v) is 8.09. The molecule has 0 saturated heterocycles. The van der Waals surface area contributed by atoms with E-state index in [1.165, 1.54) is 38.5 Å². The molecule has 0 radical (unpaired) electrons. The SMILES string of the molecule is CCCCCCOc1cccc(OCCCCCC)n1. The number of pyridine rings is 1. The molecule has 20 heavy (non-hydrogen) atoms. The molecule has 0 amide bonds. The van der Waals surface area contributed by atoms with Crippen molar-refractivity contribution >= 4 is 0 Å². The predicted octanol–water partition coefficient (Wildman–Crippen LogP) is 5.00. The van der Waals surface area contributed by atoms with E-state index in [0.29, 0.717) is 11.8 Å². The lowest BCUT2D eigenvalue weighted by Gasteiger charge is -2.08. The molecule has 0 aliphatic carbocycles. The first-order chi connectivity index (χ1) is 9.86. The zero-order chi connectivity index (χ0) is 14.5. The van der Waals surface area contributed by atoms with Crippen LogP contribution in [0.2, 0.25) is 0 Å². The third-order valence-corrected chi connectivity index (χ3v) is 3.19. The van der Waals surface area contributed by atoms with Crippen molar-refractivity contribution < 1.29 is 9.47 Å². The minimum Gasteiger partial charge on any atom is -0.478 e. The lowest BCUT2D eigenvalue weighted by Crippen LogP contribution is -2.02. The van der Waals surface area contributed by atoms with Crippen LogP contribution in [0.1, 0.15) is 65.2 Å². The van der Waals surface area contributed by atoms with Crippen LogP contribution < -0.4 is 9.47 Å². The maximum atomic E-state index is 5.65. The normalized spacial score (nSPS) is 10.5. The number of ether oxygens (including phenoxy) is 2. The maximum absolute atomic E-state index is 5.65. The average molecular weight is 279 g/mol. The summed E-state index contributed by atoms with van der Waals surface area (Å²) in [4.78, 5) is 4.36. The minimum atomic E-state index is 0.674. The van der Waals surface area contributed by atoms with Gasteiger partial charge in [0.05, 0.1) is 13.2 Å². The summed E-state index contributed by atoms with van der Waals surface area (Å²) in [6.45, 7) is 5.91. The Bertz CT molecular complexity index is 312. The smallest absolute Gasteiger partial charge is 0.216 e. The molecule has 0 fully saturated rings. The van der Waals surface area contributed by atoms with Crippen LogP contribution in [0.3, 0.4) is 0 Å². The molecule has 0 N–H and O–H groups in total. The zero-order valence-corrected chi connectivity index (χ0v) is 13.1. The van der Waals surface area contributed by atoms with E-state index < -0.39 is 0 Å². The number of aromatic nitrogens is 1. The molecule has 0 aliphatic rings. The Morgan fingerprint density at radius 3 is 1.70 bits per heavy atom. The highest BCUT2D eigenvalue weighted by atomic mass is 16.5. The second-order valence-corrected chi connectivity index (χ2v) is 5.13. The van der Waals surface area contributed by atoms with E-state index in [0.717, 1.165) is 26.1 Å². The second-order valence-electron chi connectivity index (χ2n) is 5.13. The van der Waals surface area contributed by atoms with Crippen molar-refractivity contribution in [3.8, 4) is 11.8 Å². The van der Waals surface area contributed by atoms with Gasteiger partial charge in [-0.1, -0.05) is 58.4 Å². The molecule has 0 spiro atoms. The molecule has 114 valence electrons. The van der Waals surface area contributed by atoms with Gasteiger partial charge in [-0.25, -0.2) is 0 Å². The van der Waals surface area contributed by atoms with Gasteiger partial charge in [-0.3, -0.25) is 0 Å². The quantitative estimate of drug-likeness (QED) is 0.504. The molecule has 3 nitrogen and oxygen atoms in total. The van der Waals surface area contributed by atoms with Crippen molar-refractivity contribution in [2.45, 2.75) is 65.2 Å². The summed E-state index contributed by atoms with van der Waals surface area (Å²) in [5, 5.41) is 0. The molecule has 0 aromatic carbocycles. The number of nitrogens with zero attached hydrogens (tertiary/aromatic N) is 1. The lowest BCUT2D eigenvalue weighted by molar-refractivity contribution is 0.270. The standard InChI is InChI=1S/C17H29NO2/c1-3-5-7-9-14-19-16-12-11-13-17(18-16)20-15-10-8-6-4-2/h11-13H,3-10,14-15H2,1-2H3. The monoisotopic (exact) mass is 279 g/mol. The first-order valence-electron chi connectivity index (χ1n) is 8.09. The molecule has 0 saturated carbocycles. The highest BCUT2D eigenvalue weighted by molar-refractivity contribution is 5.19. The zero-order valence-electron chi connectivity index (χ0n) is 13.1. The van der Waals surface area contributed by atoms with E-state index >= 15 is 0 Å². The van der Waals surface area contributed by atoms with Crippen molar-refractivity contribution in [2.75, 3.05) is 13.2 Å². The first kappa shape index (κ1) is 16.8. The maximum Gasteiger partial charge on any atom is 0.216 e. The fourth-order valence-electron chi connectivity index (χ4n) is 1.97. The fraction of sp³-hybridized carbons (Fsp3) is 0.706. The Labute approximate surface area is 123 Å². The van der Waals surface area contributed by atoms with Gasteiger partial charge in [-0.2, -0.15) is 4.98 Å². The summed E-state index contributed by atoms with van der Waals surface area (Å²) in [7, 11) is 0. The van der Waals surface area contributed by atoms with E-state index in [4.69, 9.17) is 9.47 Å². The number of hydrogen-bond donors (Lipinski definition) is 0. The highest BCUT2D eigenvalue weighted by Crippen LogP contribution is 2.14. The summed E-state index contributed by atoms with van der Waals surface area (Å²) in [5.41, 5.74) is 0. The van der Waals surface area contributed by atoms with Crippen LogP contribution in [0.4, 0.5) is 0 Å². The lowest BCUT2D eigenvalue weighted by atomic mass is 10.2. The van der Waals surface area contributed by atoms with Crippen LogP contribution in [0, 0.1) is 0 Å². The summed E-state index contributed by atoms with van der Waals surface area (Å²) < 4.78 is 11.3. The van der Waals surface area contributed by atoms with Crippen molar-refractivity contribution in [3.63, 3.8) is 0 Å². The molecule has 0 bridgehead atoms. The van der Waals surface area contributed by atoms with Crippen LogP contribution in [-0.2, 0) is 0 Å². The number of hydrogen-bond acceptors (Lipinski definition) is 3. The number of unbranched alkanes of at least 4 members (excludes halogenated alkanes) is 6. The van der Waals surface area contributed by atoms with Gasteiger partial charge in [-0.15, -0.1) is 0 Å². The van der Waals surface area contributed by atoms with E-state index in [9.17, 15) is 0 Å². The largest absolute Gasteiger partial charge is 0.478 e. The third-order valence-electron chi connectivity index (χ3n) is 3.19. The van der Waals surface area contributed by atoms with Gasteiger partial charge in [-0.05, 0) is 12.8 Å². The van der Waals surface area contributed by atoms with Crippen LogP contribution in [-0.4, -0.2) is 18.2 Å². The molecule has 3 heteroatoms. The van der Waals surface area contributed by atoms with Crippen molar-refractivity contribution in [1.29, 1.82) is 0 Å². The molecule has 1 heterocycles. The topological polar surface area (TPSA) is 31.4 Å². The van der Waals surface area contributed by atoms with Crippen LogP contribution >= 0.6 is 0 Å². The van der Waals surface area contributed by atoms with Gasteiger partial charge in [0.1, 0.15) is 0 Å². The van der Waals surface area contributed by atoms with Gasteiger partial charge >= 0.3 is 0 Å². The highest BCUT2D eigenvalue weighted by Gasteiger charge is 2.00. The Morgan fingerprint density at radius 1 is 0.750 bits per heavy atom. The summed E-state index contributed by atoms with van der Waals surface area (Å²) in [5.74, 6) is 1.35. The van der Waals surface area contributed by atoms with E-state index in [-0.39, 0.29) is 0 Å². The van der Waals surface area contributed by atoms with Crippen LogP contribution in [0.5, 0.6) is 11.8 Å². The van der Waals surface area contributed by atoms with Gasteiger partial charge in [0.15, 0.2) is 0 Å². The minimum absolute atomic E-state index is 0.674. The van der Waals surface area contributed by atoms with Gasteiger partial charge < -0.3 is 9.47 Å². The number of rotatable bonds is 12. The van der Waals surface area contributed by atoms with Gasteiger partial charge in [0, 0.05) is 12.1 Å². The Hall–Kier alpha value is -1.25. The Kier molecular flexibility index (Phi) is 9.72. The van der Waals surface area contributed by atoms with E-state index in [1.807, 2.05) is 18.2 Å². The average Bonchev–Trinajstić information content (AvgIpc) is 2.47. The fourth-order valence-corrected chi connectivity index (χ4v) is 1.97. The van der Waals surface area contributed by atoms with Crippen LogP contribution in [0.25, 0.3) is 0 Å². The summed E-state index contributed by atoms with van der Waals surface area (Å²) in [6, 6.07) is 5.73. The molecular formula is C17H29NO2. The molecule has 0 unspecified atom stereocenters. The predicted molar refractivity (Wildman–Crippen MR) is 83.5 cm³/mol. The van der Waals surface area contributed by atoms with E-state index in [2.05, 4.69) is 18.8 Å². The molecule has 0 aliphatic heterocycles. The van der Waals surface area contributed by atoms with Gasteiger partial charge in [0.2, 0.25) is 11.8 Å². The molecule has 1 aromatic rings. The Morgan fingerprint density at radius 2 is 1.25 bits per heavy atom. The molecule has 1 rings (SSSR count). The second kappa shape index (κ2) is 11.6. The summed E-state index contributed by atoms with van der Waals surface area (Å²) in [6.07, 6.45) is 9.69. The van der Waals surface area contributed by atoms with Crippen molar-refractivity contribution in [2.24, 2.45) is 0 Å². The molecule has 1 aromatic heterocycles. The van der Waals surface area contributed by atoms with Crippen LogP contribution in [0.15, 0.2) is 18.2 Å². The van der Waals surface area contributed by atoms with Gasteiger partial charge in [0.25, 0.3) is 0 Å². The molecular weight excluding hydrogens is 250 g/mol. The van der Waals surface area contributed by atoms with Crippen molar-refractivity contribution in [1.82, 2.24) is 4.98 Å². The third kappa shape index (κ3) is 8.03. The Balaban J connectivity index is 2.19. The summed E-state index contributed by atoms with van der Waals surface area (Å²) >= 11 is 0. The molecule has 0 atom stereocenters.